The largest absolute Gasteiger partial charge is 0.377 e. The van der Waals surface area contributed by atoms with Crippen LogP contribution >= 0.6 is 0 Å². The van der Waals surface area contributed by atoms with E-state index in [1.54, 1.807) is 13.2 Å². The van der Waals surface area contributed by atoms with Crippen LogP contribution in [-0.2, 0) is 11.3 Å². The van der Waals surface area contributed by atoms with E-state index in [1.165, 1.54) is 0 Å². The molecule has 1 amide bonds. The normalized spacial score (nSPS) is 12.5. The molecule has 6 nitrogen and oxygen atoms in total. The summed E-state index contributed by atoms with van der Waals surface area (Å²) in [5.41, 5.74) is 5.61. The number of aromatic nitrogens is 1. The predicted molar refractivity (Wildman–Crippen MR) is 53.2 cm³/mol. The van der Waals surface area contributed by atoms with E-state index in [4.69, 9.17) is 15.0 Å². The number of nitrogens with two attached hydrogens (primary N) is 1. The van der Waals surface area contributed by atoms with Gasteiger partial charge in [-0.1, -0.05) is 5.16 Å². The smallest absolute Gasteiger partial charge is 0.273 e. The van der Waals surface area contributed by atoms with Crippen molar-refractivity contribution in [1.82, 2.24) is 10.5 Å². The molecule has 3 N–H and O–H groups in total. The molecule has 6 heteroatoms. The molecule has 15 heavy (non-hydrogen) atoms. The molecule has 1 rings (SSSR count). The van der Waals surface area contributed by atoms with Gasteiger partial charge >= 0.3 is 0 Å². The highest BCUT2D eigenvalue weighted by Crippen LogP contribution is 2.04. The van der Waals surface area contributed by atoms with Crippen molar-refractivity contribution >= 4 is 5.91 Å². The quantitative estimate of drug-likeness (QED) is 0.712. The van der Waals surface area contributed by atoms with Gasteiger partial charge in [-0.25, -0.2) is 0 Å². The first-order valence-corrected chi connectivity index (χ1v) is 4.62. The van der Waals surface area contributed by atoms with Gasteiger partial charge in [-0.05, 0) is 6.92 Å². The van der Waals surface area contributed by atoms with Crippen molar-refractivity contribution in [2.75, 3.05) is 13.7 Å². The van der Waals surface area contributed by atoms with E-state index in [1.807, 2.05) is 6.92 Å². The standard InChI is InChI=1S/C9H15N3O3/c1-6(4-10)11-9(13)8-3-7(5-14-2)15-12-8/h3,6H,4-5,10H2,1-2H3,(H,11,13)/t6-/m1/s1. The summed E-state index contributed by atoms with van der Waals surface area (Å²) in [4.78, 5) is 11.5. The molecule has 0 saturated heterocycles. The number of hydrogen-bond donors (Lipinski definition) is 2. The van der Waals surface area contributed by atoms with E-state index in [0.29, 0.717) is 18.9 Å². The Hall–Kier alpha value is -1.40. The predicted octanol–water partition coefficient (Wildman–Crippen LogP) is -0.102. The first-order chi connectivity index (χ1) is 7.17. The summed E-state index contributed by atoms with van der Waals surface area (Å²) in [5, 5.41) is 6.29. The molecular weight excluding hydrogens is 198 g/mol. The molecule has 84 valence electrons. The summed E-state index contributed by atoms with van der Waals surface area (Å²) in [6.07, 6.45) is 0. The van der Waals surface area contributed by atoms with Gasteiger partial charge in [0.05, 0.1) is 0 Å². The van der Waals surface area contributed by atoms with Gasteiger partial charge in [-0.15, -0.1) is 0 Å². The maximum Gasteiger partial charge on any atom is 0.273 e. The number of carbonyl (C=O) groups excluding carboxylic acids is 1. The molecule has 0 aliphatic carbocycles. The molecule has 0 saturated carbocycles. The number of amides is 1. The van der Waals surface area contributed by atoms with Gasteiger partial charge in [0.15, 0.2) is 11.5 Å². The Morgan fingerprint density at radius 3 is 3.13 bits per heavy atom. The van der Waals surface area contributed by atoms with E-state index in [2.05, 4.69) is 10.5 Å². The van der Waals surface area contributed by atoms with Crippen LogP contribution in [0.4, 0.5) is 0 Å². The van der Waals surface area contributed by atoms with E-state index in [0.717, 1.165) is 0 Å². The molecule has 0 aliphatic heterocycles. The Kier molecular flexibility index (Phi) is 4.26. The number of rotatable bonds is 5. The van der Waals surface area contributed by atoms with E-state index >= 15 is 0 Å². The van der Waals surface area contributed by atoms with Crippen LogP contribution < -0.4 is 11.1 Å². The monoisotopic (exact) mass is 213 g/mol. The van der Waals surface area contributed by atoms with E-state index in [-0.39, 0.29) is 17.6 Å². The average Bonchev–Trinajstić information content (AvgIpc) is 2.67. The van der Waals surface area contributed by atoms with Crippen molar-refractivity contribution in [3.8, 4) is 0 Å². The number of ether oxygens (including phenoxy) is 1. The maximum absolute atomic E-state index is 11.5. The number of hydrogen-bond acceptors (Lipinski definition) is 5. The summed E-state index contributed by atoms with van der Waals surface area (Å²) in [6, 6.07) is 1.46. The van der Waals surface area contributed by atoms with Crippen molar-refractivity contribution in [3.63, 3.8) is 0 Å². The lowest BCUT2D eigenvalue weighted by Gasteiger charge is -2.08. The lowest BCUT2D eigenvalue weighted by atomic mass is 10.3. The second kappa shape index (κ2) is 5.47. The van der Waals surface area contributed by atoms with Crippen LogP contribution in [0.2, 0.25) is 0 Å². The summed E-state index contributed by atoms with van der Waals surface area (Å²) in [5.74, 6) is 0.224. The molecule has 0 bridgehead atoms. The fraction of sp³-hybridized carbons (Fsp3) is 0.556. The van der Waals surface area contributed by atoms with Crippen molar-refractivity contribution in [2.45, 2.75) is 19.6 Å². The minimum Gasteiger partial charge on any atom is -0.377 e. The molecular formula is C9H15N3O3. The molecule has 0 fully saturated rings. The van der Waals surface area contributed by atoms with Gasteiger partial charge in [0, 0.05) is 25.8 Å². The fourth-order valence-electron chi connectivity index (χ4n) is 0.987. The Labute approximate surface area is 87.8 Å². The molecule has 1 aromatic heterocycles. The van der Waals surface area contributed by atoms with Gasteiger partial charge in [-0.3, -0.25) is 4.79 Å². The van der Waals surface area contributed by atoms with Gasteiger partial charge in [-0.2, -0.15) is 0 Å². The lowest BCUT2D eigenvalue weighted by molar-refractivity contribution is 0.0931. The molecule has 0 spiro atoms. The van der Waals surface area contributed by atoms with Crippen molar-refractivity contribution in [1.29, 1.82) is 0 Å². The van der Waals surface area contributed by atoms with Crippen LogP contribution in [0.5, 0.6) is 0 Å². The highest BCUT2D eigenvalue weighted by atomic mass is 16.5. The third-order valence-electron chi connectivity index (χ3n) is 1.81. The van der Waals surface area contributed by atoms with Gasteiger partial charge in [0.1, 0.15) is 6.61 Å². The second-order valence-corrected chi connectivity index (χ2v) is 3.22. The molecule has 0 aromatic carbocycles. The first-order valence-electron chi connectivity index (χ1n) is 4.62. The third kappa shape index (κ3) is 3.34. The van der Waals surface area contributed by atoms with Crippen LogP contribution in [0.25, 0.3) is 0 Å². The Morgan fingerprint density at radius 2 is 2.53 bits per heavy atom. The minimum absolute atomic E-state index is 0.0833. The topological polar surface area (TPSA) is 90.4 Å². The van der Waals surface area contributed by atoms with Crippen LogP contribution in [0.1, 0.15) is 23.2 Å². The van der Waals surface area contributed by atoms with Crippen LogP contribution in [0, 0.1) is 0 Å². The number of nitrogens with one attached hydrogen (secondary N) is 1. The summed E-state index contributed by atoms with van der Waals surface area (Å²) in [6.45, 7) is 2.50. The minimum atomic E-state index is -0.293. The first kappa shape index (κ1) is 11.7. The summed E-state index contributed by atoms with van der Waals surface area (Å²) < 4.78 is 9.71. The fourth-order valence-corrected chi connectivity index (χ4v) is 0.987. The SMILES string of the molecule is COCc1cc(C(=O)N[C@H](C)CN)no1. The summed E-state index contributed by atoms with van der Waals surface area (Å²) in [7, 11) is 1.54. The van der Waals surface area contributed by atoms with Crippen molar-refractivity contribution < 1.29 is 14.1 Å². The Balaban J connectivity index is 2.58. The lowest BCUT2D eigenvalue weighted by Crippen LogP contribution is -2.37. The van der Waals surface area contributed by atoms with Crippen LogP contribution in [0.3, 0.4) is 0 Å². The zero-order valence-corrected chi connectivity index (χ0v) is 8.82. The molecule has 1 heterocycles. The number of methoxy groups -OCH3 is 1. The van der Waals surface area contributed by atoms with Gasteiger partial charge < -0.3 is 20.3 Å². The Morgan fingerprint density at radius 1 is 1.80 bits per heavy atom. The molecule has 1 aromatic rings. The number of nitrogens with zero attached hydrogens (tertiary/aromatic N) is 1. The molecule has 0 aliphatic rings. The van der Waals surface area contributed by atoms with Crippen molar-refractivity contribution in [2.24, 2.45) is 5.73 Å². The average molecular weight is 213 g/mol. The zero-order valence-electron chi connectivity index (χ0n) is 8.82. The molecule has 1 atom stereocenters. The molecule has 0 radical (unpaired) electrons. The zero-order chi connectivity index (χ0) is 11.3. The maximum atomic E-state index is 11.5. The second-order valence-electron chi connectivity index (χ2n) is 3.22. The summed E-state index contributed by atoms with van der Waals surface area (Å²) >= 11 is 0. The van der Waals surface area contributed by atoms with Crippen LogP contribution in [0.15, 0.2) is 10.6 Å². The van der Waals surface area contributed by atoms with E-state index < -0.39 is 0 Å². The van der Waals surface area contributed by atoms with Crippen molar-refractivity contribution in [3.05, 3.63) is 17.5 Å². The van der Waals surface area contributed by atoms with E-state index in [9.17, 15) is 4.79 Å². The number of carbonyl (C=O) groups is 1. The Bertz CT molecular complexity index is 324. The van der Waals surface area contributed by atoms with Crippen LogP contribution in [-0.4, -0.2) is 30.8 Å². The third-order valence-corrected chi connectivity index (χ3v) is 1.81. The van der Waals surface area contributed by atoms with Gasteiger partial charge in [0.2, 0.25) is 0 Å². The highest BCUT2D eigenvalue weighted by molar-refractivity contribution is 5.92. The highest BCUT2D eigenvalue weighted by Gasteiger charge is 2.13. The molecule has 0 unspecified atom stereocenters. The van der Waals surface area contributed by atoms with Gasteiger partial charge in [0.25, 0.3) is 5.91 Å².